The molecule has 1 aromatic heterocycles. The predicted molar refractivity (Wildman–Crippen MR) is 94.1 cm³/mol. The summed E-state index contributed by atoms with van der Waals surface area (Å²) in [7, 11) is 0. The first kappa shape index (κ1) is 15.9. The van der Waals surface area contributed by atoms with E-state index < -0.39 is 5.78 Å². The van der Waals surface area contributed by atoms with E-state index in [0.717, 1.165) is 27.0 Å². The highest BCUT2D eigenvalue weighted by atomic mass is 32.1. The van der Waals surface area contributed by atoms with Crippen molar-refractivity contribution in [3.05, 3.63) is 80.9 Å². The highest BCUT2D eigenvalue weighted by molar-refractivity contribution is 7.07. The quantitative estimate of drug-likeness (QED) is 0.261. The van der Waals surface area contributed by atoms with Crippen LogP contribution < -0.4 is 4.87 Å². The molecule has 3 aromatic rings. The smallest absolute Gasteiger partial charge is 0.313 e. The summed E-state index contributed by atoms with van der Waals surface area (Å²) in [4.78, 5) is 24.1. The normalized spacial score (nSPS) is 11.5. The molecule has 24 heavy (non-hydrogen) atoms. The molecule has 5 nitrogen and oxygen atoms in total. The van der Waals surface area contributed by atoms with Crippen molar-refractivity contribution in [1.29, 1.82) is 0 Å². The molecule has 0 saturated heterocycles. The topological polar surface area (TPSA) is 71.7 Å². The largest absolute Gasteiger partial charge is 0.409 e. The van der Waals surface area contributed by atoms with Crippen LogP contribution in [0, 0.1) is 6.92 Å². The zero-order chi connectivity index (χ0) is 17.1. The van der Waals surface area contributed by atoms with Crippen LogP contribution in [0.5, 0.6) is 0 Å². The number of ketones is 1. The summed E-state index contributed by atoms with van der Waals surface area (Å²) < 4.78 is 1.11. The number of hydrogen-bond donors (Lipinski definition) is 1. The maximum atomic E-state index is 12.6. The van der Waals surface area contributed by atoms with Gasteiger partial charge in [-0.25, -0.2) is 4.57 Å². The molecule has 0 spiro atoms. The minimum absolute atomic E-state index is 0.300. The van der Waals surface area contributed by atoms with Crippen molar-refractivity contribution in [1.82, 2.24) is 4.57 Å². The van der Waals surface area contributed by atoms with Crippen molar-refractivity contribution in [3.63, 3.8) is 0 Å². The number of carbonyl (C=O) groups excluding carboxylic acids is 1. The van der Waals surface area contributed by atoms with Gasteiger partial charge >= 0.3 is 4.87 Å². The molecule has 0 unspecified atom stereocenters. The van der Waals surface area contributed by atoms with E-state index in [9.17, 15) is 14.8 Å². The Kier molecular flexibility index (Phi) is 4.39. The maximum Gasteiger partial charge on any atom is 0.313 e. The van der Waals surface area contributed by atoms with Gasteiger partial charge < -0.3 is 5.21 Å². The molecule has 0 radical (unpaired) electrons. The SMILES string of the molecule is Cc1csc(=O)n1/C(=N\O)C(=O)c1ccc(-c2ccccc2)cc1. The maximum absolute atomic E-state index is 12.6. The Morgan fingerprint density at radius 2 is 1.67 bits per heavy atom. The third-order valence-electron chi connectivity index (χ3n) is 3.63. The van der Waals surface area contributed by atoms with Gasteiger partial charge in [0.05, 0.1) is 0 Å². The Morgan fingerprint density at radius 3 is 2.21 bits per heavy atom. The average molecular weight is 338 g/mol. The molecule has 0 saturated carbocycles. The van der Waals surface area contributed by atoms with Crippen molar-refractivity contribution in [2.24, 2.45) is 5.16 Å². The average Bonchev–Trinajstić information content (AvgIpc) is 2.96. The highest BCUT2D eigenvalue weighted by Gasteiger charge is 2.20. The van der Waals surface area contributed by atoms with Crippen LogP contribution in [0.2, 0.25) is 0 Å². The van der Waals surface area contributed by atoms with Gasteiger partial charge in [-0.2, -0.15) is 0 Å². The molecule has 2 aromatic carbocycles. The second kappa shape index (κ2) is 6.64. The lowest BCUT2D eigenvalue weighted by molar-refractivity contribution is 0.105. The second-order valence-corrected chi connectivity index (χ2v) is 6.00. The number of rotatable bonds is 3. The van der Waals surface area contributed by atoms with E-state index in [1.165, 1.54) is 0 Å². The van der Waals surface area contributed by atoms with E-state index in [-0.39, 0.29) is 10.7 Å². The molecule has 0 aliphatic carbocycles. The number of aryl methyl sites for hydroxylation is 1. The number of nitrogens with zero attached hydrogens (tertiary/aromatic N) is 2. The zero-order valence-electron chi connectivity index (χ0n) is 12.8. The van der Waals surface area contributed by atoms with Crippen LogP contribution in [0.15, 0.2) is 69.9 Å². The standard InChI is InChI=1S/C18H14N2O3S/c1-12-11-24-18(22)20(12)17(19-23)16(21)15-9-7-14(8-10-15)13-5-3-2-4-6-13/h2-11,23H,1H3/b19-17-. The van der Waals surface area contributed by atoms with E-state index in [1.807, 2.05) is 42.5 Å². The summed E-state index contributed by atoms with van der Waals surface area (Å²) in [5.74, 6) is -0.813. The van der Waals surface area contributed by atoms with Gasteiger partial charge in [-0.1, -0.05) is 71.1 Å². The minimum atomic E-state index is -0.513. The van der Waals surface area contributed by atoms with E-state index in [0.29, 0.717) is 11.3 Å². The Balaban J connectivity index is 1.94. The summed E-state index contributed by atoms with van der Waals surface area (Å²) in [5.41, 5.74) is 2.91. The first-order valence-corrected chi connectivity index (χ1v) is 8.09. The second-order valence-electron chi connectivity index (χ2n) is 5.17. The monoisotopic (exact) mass is 338 g/mol. The van der Waals surface area contributed by atoms with Crippen LogP contribution in [0.1, 0.15) is 16.1 Å². The van der Waals surface area contributed by atoms with Crippen molar-refractivity contribution in [2.45, 2.75) is 6.92 Å². The Hall–Kier alpha value is -2.99. The van der Waals surface area contributed by atoms with E-state index in [2.05, 4.69) is 5.16 Å². The molecule has 6 heteroatoms. The lowest BCUT2D eigenvalue weighted by atomic mass is 10.0. The molecule has 0 fully saturated rings. The predicted octanol–water partition coefficient (Wildman–Crippen LogP) is 3.40. The zero-order valence-corrected chi connectivity index (χ0v) is 13.7. The molecule has 0 aliphatic rings. The summed E-state index contributed by atoms with van der Waals surface area (Å²) in [6, 6.07) is 16.7. The molecule has 1 N–H and O–H groups in total. The fourth-order valence-corrected chi connectivity index (χ4v) is 3.12. The molecule has 0 amide bonds. The van der Waals surface area contributed by atoms with Crippen LogP contribution in [-0.4, -0.2) is 21.4 Å². The van der Waals surface area contributed by atoms with Gasteiger partial charge in [0, 0.05) is 16.6 Å². The highest BCUT2D eigenvalue weighted by Crippen LogP contribution is 2.19. The lowest BCUT2D eigenvalue weighted by Crippen LogP contribution is -2.31. The van der Waals surface area contributed by atoms with E-state index in [4.69, 9.17) is 0 Å². The number of carbonyl (C=O) groups is 1. The van der Waals surface area contributed by atoms with Gasteiger partial charge in [-0.05, 0) is 18.1 Å². The van der Waals surface area contributed by atoms with Crippen molar-refractivity contribution in [3.8, 4) is 11.1 Å². The Morgan fingerprint density at radius 1 is 1.04 bits per heavy atom. The van der Waals surface area contributed by atoms with Gasteiger partial charge in [-0.15, -0.1) is 0 Å². The molecule has 0 aliphatic heterocycles. The molecule has 3 rings (SSSR count). The lowest BCUT2D eigenvalue weighted by Gasteiger charge is -2.07. The van der Waals surface area contributed by atoms with Gasteiger partial charge in [0.15, 0.2) is 0 Å². The van der Waals surface area contributed by atoms with Crippen LogP contribution in [-0.2, 0) is 0 Å². The van der Waals surface area contributed by atoms with Crippen LogP contribution >= 0.6 is 11.3 Å². The van der Waals surface area contributed by atoms with Crippen LogP contribution in [0.3, 0.4) is 0 Å². The third-order valence-corrected chi connectivity index (χ3v) is 4.47. The van der Waals surface area contributed by atoms with Crippen molar-refractivity contribution < 1.29 is 10.0 Å². The fraction of sp³-hybridized carbons (Fsp3) is 0.0556. The fourth-order valence-electron chi connectivity index (χ4n) is 2.40. The third kappa shape index (κ3) is 2.91. The van der Waals surface area contributed by atoms with Gasteiger partial charge in [0.2, 0.25) is 11.6 Å². The van der Waals surface area contributed by atoms with Gasteiger partial charge in [0.25, 0.3) is 0 Å². The number of thiazole rings is 1. The number of aromatic nitrogens is 1. The molecule has 120 valence electrons. The van der Waals surface area contributed by atoms with Crippen molar-refractivity contribution in [2.75, 3.05) is 0 Å². The van der Waals surface area contributed by atoms with Crippen LogP contribution in [0.25, 0.3) is 11.1 Å². The van der Waals surface area contributed by atoms with E-state index >= 15 is 0 Å². The molecule has 0 bridgehead atoms. The first-order chi connectivity index (χ1) is 11.6. The summed E-state index contributed by atoms with van der Waals surface area (Å²) >= 11 is 0.950. The number of oxime groups is 1. The van der Waals surface area contributed by atoms with Gasteiger partial charge in [-0.3, -0.25) is 9.59 Å². The van der Waals surface area contributed by atoms with Gasteiger partial charge in [0.1, 0.15) is 0 Å². The molecular weight excluding hydrogens is 324 g/mol. The first-order valence-electron chi connectivity index (χ1n) is 7.21. The Labute approximate surface area is 142 Å². The number of Topliss-reactive ketones (excluding diaryl/α,β-unsaturated/α-hetero) is 1. The summed E-state index contributed by atoms with van der Waals surface area (Å²) in [6.07, 6.45) is 0. The molecule has 0 atom stereocenters. The molecular formula is C18H14N2O3S. The van der Waals surface area contributed by atoms with E-state index in [1.54, 1.807) is 24.4 Å². The van der Waals surface area contributed by atoms with Crippen molar-refractivity contribution >= 4 is 23.0 Å². The Bertz CT molecular complexity index is 954. The molecule has 1 heterocycles. The summed E-state index contributed by atoms with van der Waals surface area (Å²) in [5, 5.41) is 13.9. The number of benzene rings is 2. The number of hydrogen-bond acceptors (Lipinski definition) is 5. The summed E-state index contributed by atoms with van der Waals surface area (Å²) in [6.45, 7) is 1.68. The van der Waals surface area contributed by atoms with Crippen LogP contribution in [0.4, 0.5) is 0 Å². The minimum Gasteiger partial charge on any atom is -0.409 e.